The monoisotopic (exact) mass is 1580 g/mol. The molecular weight excluding hydrogens is 1470 g/mol. The number of hydrogen-bond donors (Lipinski definition) is 10. The normalized spacial score (nSPS) is 15.4. The van der Waals surface area contributed by atoms with Crippen molar-refractivity contribution in [1.82, 2.24) is 44.8 Å². The van der Waals surface area contributed by atoms with Crippen molar-refractivity contribution in [2.45, 2.75) is 161 Å². The molecule has 0 saturated carbocycles. The number of aromatic carboxylic acids is 2. The van der Waals surface area contributed by atoms with Gasteiger partial charge >= 0.3 is 23.9 Å². The third kappa shape index (κ3) is 26.5. The number of halogens is 3. The average molecular weight is 1580 g/mol. The number of aliphatic hydroxyl groups is 2. The van der Waals surface area contributed by atoms with Crippen molar-refractivity contribution < 1.29 is 76.6 Å². The molecule has 0 spiro atoms. The van der Waals surface area contributed by atoms with Gasteiger partial charge in [-0.15, -0.1) is 0 Å². The van der Waals surface area contributed by atoms with Gasteiger partial charge in [0.25, 0.3) is 17.7 Å². The highest BCUT2D eigenvalue weighted by molar-refractivity contribution is 5.98. The van der Waals surface area contributed by atoms with Crippen LogP contribution < -0.4 is 43.0 Å². The summed E-state index contributed by atoms with van der Waals surface area (Å²) in [6.45, 7) is 21.1. The fraction of sp³-hybridized carbons (Fsp3) is 0.378. The maximum Gasteiger partial charge on any atom is 0.337 e. The quantitative estimate of drug-likeness (QED) is 0.0336. The number of esters is 2. The molecule has 0 aliphatic carbocycles. The first-order valence-electron chi connectivity index (χ1n) is 36.3. The van der Waals surface area contributed by atoms with Crippen LogP contribution >= 0.6 is 0 Å². The predicted octanol–water partition coefficient (Wildman–Crippen LogP) is 12.0. The van der Waals surface area contributed by atoms with Gasteiger partial charge in [0, 0.05) is 69.3 Å². The Kier molecular flexibility index (Phi) is 31.3. The van der Waals surface area contributed by atoms with E-state index in [4.69, 9.17) is 27.4 Å². The summed E-state index contributed by atoms with van der Waals surface area (Å²) in [5.41, 5.74) is 17.3. The number of nitrogens with zero attached hydrogens (tertiary/aromatic N) is 10. The highest BCUT2D eigenvalue weighted by atomic mass is 19.2. The Morgan fingerprint density at radius 1 is 0.474 bits per heavy atom. The molecule has 610 valence electrons. The van der Waals surface area contributed by atoms with Gasteiger partial charge in [0.1, 0.15) is 28.6 Å². The van der Waals surface area contributed by atoms with Crippen LogP contribution in [0.3, 0.4) is 0 Å². The molecule has 2 aliphatic rings. The van der Waals surface area contributed by atoms with Crippen molar-refractivity contribution in [1.29, 1.82) is 0 Å². The summed E-state index contributed by atoms with van der Waals surface area (Å²) in [5.74, 6) is -2.48. The second-order valence-corrected chi connectivity index (χ2v) is 29.5. The highest BCUT2D eigenvalue weighted by Crippen LogP contribution is 2.32. The van der Waals surface area contributed by atoms with Gasteiger partial charge in [0.05, 0.1) is 83.8 Å². The molecular formula is C82H103F3N16O13. The van der Waals surface area contributed by atoms with Crippen molar-refractivity contribution in [3.63, 3.8) is 0 Å². The third-order valence-electron chi connectivity index (χ3n) is 18.4. The molecule has 13 N–H and O–H groups in total. The molecule has 29 nitrogen and oxygen atoms in total. The Bertz CT molecular complexity index is 4590. The number of alkyl halides is 3. The minimum absolute atomic E-state index is 0.0250. The van der Waals surface area contributed by atoms with Crippen LogP contribution in [0.1, 0.15) is 209 Å². The number of carbonyl (C=O) groups is 7. The Hall–Kier alpha value is -12.2. The fourth-order valence-corrected chi connectivity index (χ4v) is 11.5. The molecule has 6 heterocycles. The number of hydrogen-bond acceptors (Lipinski definition) is 22. The van der Waals surface area contributed by atoms with Crippen molar-refractivity contribution in [2.75, 3.05) is 47.7 Å². The van der Waals surface area contributed by atoms with E-state index in [9.17, 15) is 56.9 Å². The summed E-state index contributed by atoms with van der Waals surface area (Å²) < 4.78 is 53.2. The van der Waals surface area contributed by atoms with E-state index >= 15 is 0 Å². The largest absolute Gasteiger partial charge is 0.478 e. The van der Waals surface area contributed by atoms with E-state index in [-0.39, 0.29) is 64.4 Å². The summed E-state index contributed by atoms with van der Waals surface area (Å²) in [7, 11) is 6.24. The van der Waals surface area contributed by atoms with E-state index < -0.39 is 57.9 Å². The molecule has 11 rings (SSSR count). The maximum atomic E-state index is 14.2. The first kappa shape index (κ1) is 90.7. The van der Waals surface area contributed by atoms with Crippen LogP contribution in [-0.2, 0) is 51.8 Å². The Labute approximate surface area is 660 Å². The van der Waals surface area contributed by atoms with E-state index in [1.807, 2.05) is 6.92 Å². The number of amides is 3. The molecule has 4 atom stereocenters. The lowest BCUT2D eigenvalue weighted by molar-refractivity contribution is 0.0591. The van der Waals surface area contributed by atoms with E-state index in [1.165, 1.54) is 98.4 Å². The molecule has 114 heavy (non-hydrogen) atoms. The van der Waals surface area contributed by atoms with E-state index in [2.05, 4.69) is 72.3 Å². The Morgan fingerprint density at radius 3 is 1.09 bits per heavy atom. The van der Waals surface area contributed by atoms with E-state index in [0.717, 1.165) is 37.8 Å². The van der Waals surface area contributed by atoms with Crippen LogP contribution in [-0.4, -0.2) is 153 Å². The first-order chi connectivity index (χ1) is 53.2. The predicted molar refractivity (Wildman–Crippen MR) is 427 cm³/mol. The number of rotatable bonds is 19. The molecule has 2 fully saturated rings. The summed E-state index contributed by atoms with van der Waals surface area (Å²) in [6.07, 6.45) is 13.5. The highest BCUT2D eigenvalue weighted by Gasteiger charge is 2.33. The van der Waals surface area contributed by atoms with Gasteiger partial charge < -0.3 is 72.9 Å². The molecule has 0 radical (unpaired) electrons. The zero-order valence-corrected chi connectivity index (χ0v) is 66.9. The fourth-order valence-electron chi connectivity index (χ4n) is 11.5. The second-order valence-electron chi connectivity index (χ2n) is 29.5. The lowest BCUT2D eigenvalue weighted by Crippen LogP contribution is -2.54. The Morgan fingerprint density at radius 2 is 0.789 bits per heavy atom. The summed E-state index contributed by atoms with van der Waals surface area (Å²) in [5, 5.41) is 53.9. The SMILES string of the molecule is CC(C)(F)c1ccc(C(=O)O)cc1.CC(C)(O)c1ccc(C(=O)O)cc1.COC(=O)c1ccc(C(C)(C)F)cc1.COC(=O)c1ccc(C(C)(C)O)cc1.C[C@@H]1[C@H](N)CCCN1c1cnc(C(N)=O)c(Nc2cnn(C)c2)n1.C[C@@H]1[C@H](NC(=O)c2ccc(C(C)(C)F)cc2)CCCN1c1cnc(C(N)=O)c(Nc2cnn(C)c2)n1. The number of ether oxygens (including phenoxy) is 2. The second kappa shape index (κ2) is 39.3. The first-order valence-corrected chi connectivity index (χ1v) is 36.3. The van der Waals surface area contributed by atoms with Gasteiger partial charge in [-0.1, -0.05) is 60.7 Å². The van der Waals surface area contributed by atoms with Gasteiger partial charge in [-0.05, 0) is 197 Å². The number of methoxy groups -OCH3 is 2. The zero-order valence-electron chi connectivity index (χ0n) is 66.9. The van der Waals surface area contributed by atoms with Crippen LogP contribution in [0.2, 0.25) is 0 Å². The number of carbonyl (C=O) groups excluding carboxylic acids is 5. The lowest BCUT2D eigenvalue weighted by Gasteiger charge is -2.40. The van der Waals surface area contributed by atoms with E-state index in [1.54, 1.807) is 167 Å². The molecule has 9 aromatic rings. The van der Waals surface area contributed by atoms with Gasteiger partial charge in [-0.25, -0.2) is 52.3 Å². The smallest absolute Gasteiger partial charge is 0.337 e. The van der Waals surface area contributed by atoms with E-state index in [0.29, 0.717) is 74.3 Å². The number of benzene rings is 5. The van der Waals surface area contributed by atoms with Crippen molar-refractivity contribution in [3.05, 3.63) is 226 Å². The van der Waals surface area contributed by atoms with Crippen LogP contribution in [0, 0.1) is 0 Å². The number of carboxylic acids is 2. The third-order valence-corrected chi connectivity index (χ3v) is 18.4. The molecule has 2 aliphatic heterocycles. The molecule has 3 amide bonds. The van der Waals surface area contributed by atoms with Gasteiger partial charge in [0.15, 0.2) is 23.0 Å². The van der Waals surface area contributed by atoms with Crippen LogP contribution in [0.4, 0.5) is 47.8 Å². The number of piperidine rings is 2. The van der Waals surface area contributed by atoms with Crippen LogP contribution in [0.15, 0.2) is 159 Å². The summed E-state index contributed by atoms with van der Waals surface area (Å²) in [6, 6.07) is 31.5. The lowest BCUT2D eigenvalue weighted by atomic mass is 9.96. The number of anilines is 6. The topological polar surface area (TPSA) is 427 Å². The average Bonchev–Trinajstić information content (AvgIpc) is 1.23. The Balaban J connectivity index is 0.000000225. The number of nitrogens with two attached hydrogens (primary N) is 3. The number of aromatic nitrogens is 8. The number of nitrogens with one attached hydrogen (secondary N) is 3. The molecule has 4 aromatic heterocycles. The molecule has 32 heteroatoms. The minimum atomic E-state index is -1.47. The zero-order chi connectivity index (χ0) is 85.0. The van der Waals surface area contributed by atoms with Crippen LogP contribution in [0.5, 0.6) is 0 Å². The summed E-state index contributed by atoms with van der Waals surface area (Å²) >= 11 is 0. The molecule has 0 unspecified atom stereocenters. The summed E-state index contributed by atoms with van der Waals surface area (Å²) in [4.78, 5) is 101. The van der Waals surface area contributed by atoms with Crippen LogP contribution in [0.25, 0.3) is 0 Å². The number of carboxylic acid groups (broad SMARTS) is 2. The maximum absolute atomic E-state index is 14.2. The van der Waals surface area contributed by atoms with Crippen molar-refractivity contribution in [3.8, 4) is 0 Å². The van der Waals surface area contributed by atoms with Gasteiger partial charge in [-0.3, -0.25) is 23.7 Å². The van der Waals surface area contributed by atoms with Crippen molar-refractivity contribution >= 4 is 76.2 Å². The van der Waals surface area contributed by atoms with Gasteiger partial charge in [-0.2, -0.15) is 10.2 Å². The minimum Gasteiger partial charge on any atom is -0.478 e. The molecule has 5 aromatic carbocycles. The number of aryl methyl sites for hydroxylation is 2. The van der Waals surface area contributed by atoms with Crippen molar-refractivity contribution in [2.24, 2.45) is 31.3 Å². The number of primary amides is 2. The van der Waals surface area contributed by atoms with Gasteiger partial charge in [0.2, 0.25) is 0 Å². The standard InChI is InChI=1S/C25H31FN8O2.C15H22N8O.C11H13FO2.C11H14O3.C10H11FO2.C10H12O3/c1-15-19(31-24(36)16-7-9-17(10-8-16)25(2,3)26)6-5-11-34(15)20-13-28-21(22(27)35)23(32-20)30-18-12-29-33(4)14-18;1-9-11(16)4-3-5-23(9)12-7-18-13(14(17)24)15(21-12)20-10-6-19-22(2)8-10;1-11(2,12)9-6-4-8(5-7-9)10(13)14-3;1-11(2,13)9-6-4-8(5-7-9)10(12)14-3;1-10(2,11)8-5-3-7(4-6-8)9(12)13;1-10(2,13)8-5-3-7(4-6-8)9(11)12/h7-10,12-15,19H,5-6,11H2,1-4H3,(H2,27,35)(H,30,32)(H,31,36);6-9,11H,3-5,16H2,1-2H3,(H2,17,24)(H,20,21);4-7H,1-3H3;4-7,13H,1-3H3;3-6H,1-2H3,(H,12,13);3-6,13H,1-2H3,(H,11,12)/t15-,19-;9-,11-;;;;/m11..../s1. The molecule has 0 bridgehead atoms. The molecule has 2 saturated heterocycles.